The SMILES string of the molecule is C[C@H]1C[C@H](C)CN(CCCNC(=O)CN2C(=O)/C(=C\c3cccc(Br)c3)Oc3ccccc32)C1. The second kappa shape index (κ2) is 11.2. The summed E-state index contributed by atoms with van der Waals surface area (Å²) in [6.07, 6.45) is 3.89. The number of amides is 2. The van der Waals surface area contributed by atoms with Gasteiger partial charge in [-0.05, 0) is 67.1 Å². The van der Waals surface area contributed by atoms with E-state index >= 15 is 0 Å². The number of carbonyl (C=O) groups excluding carboxylic acids is 2. The summed E-state index contributed by atoms with van der Waals surface area (Å²) in [7, 11) is 0. The molecule has 2 atom stereocenters. The van der Waals surface area contributed by atoms with E-state index in [1.54, 1.807) is 12.1 Å². The Morgan fingerprint density at radius 1 is 1.15 bits per heavy atom. The zero-order valence-electron chi connectivity index (χ0n) is 19.8. The Bertz CT molecular complexity index is 1060. The smallest absolute Gasteiger partial charge is 0.294 e. The van der Waals surface area contributed by atoms with Crippen LogP contribution in [0, 0.1) is 11.8 Å². The third-order valence-corrected chi connectivity index (χ3v) is 6.69. The minimum Gasteiger partial charge on any atom is -0.449 e. The summed E-state index contributed by atoms with van der Waals surface area (Å²) in [5, 5.41) is 2.99. The summed E-state index contributed by atoms with van der Waals surface area (Å²) < 4.78 is 6.81. The first-order valence-electron chi connectivity index (χ1n) is 11.9. The number of hydrogen-bond acceptors (Lipinski definition) is 4. The van der Waals surface area contributed by atoms with Crippen LogP contribution in [0.1, 0.15) is 32.3 Å². The molecule has 34 heavy (non-hydrogen) atoms. The van der Waals surface area contributed by atoms with Crippen LogP contribution in [-0.2, 0) is 9.59 Å². The van der Waals surface area contributed by atoms with Crippen LogP contribution in [0.3, 0.4) is 0 Å². The van der Waals surface area contributed by atoms with Gasteiger partial charge in [0.05, 0.1) is 5.69 Å². The standard InChI is InChI=1S/C27H32BrN3O3/c1-19-13-20(2)17-30(16-19)12-6-11-29-26(32)18-31-23-9-3-4-10-24(23)34-25(27(31)33)15-21-7-5-8-22(28)14-21/h3-5,7-10,14-15,19-20H,6,11-13,16-18H2,1-2H3,(H,29,32)/b25-15+/t19-,20-/m0/s1. The van der Waals surface area contributed by atoms with Gasteiger partial charge in [0, 0.05) is 24.1 Å². The highest BCUT2D eigenvalue weighted by atomic mass is 79.9. The van der Waals surface area contributed by atoms with Crippen molar-refractivity contribution in [2.75, 3.05) is 37.6 Å². The number of carbonyl (C=O) groups is 2. The van der Waals surface area contributed by atoms with Crippen LogP contribution in [0.2, 0.25) is 0 Å². The fourth-order valence-electron chi connectivity index (χ4n) is 4.87. The lowest BCUT2D eigenvalue weighted by atomic mass is 9.92. The lowest BCUT2D eigenvalue weighted by molar-refractivity contribution is -0.123. The number of anilines is 1. The quantitative estimate of drug-likeness (QED) is 0.420. The Labute approximate surface area is 210 Å². The van der Waals surface area contributed by atoms with E-state index in [4.69, 9.17) is 4.74 Å². The summed E-state index contributed by atoms with van der Waals surface area (Å²) in [5.74, 6) is 1.70. The third-order valence-electron chi connectivity index (χ3n) is 6.20. The number of piperidine rings is 1. The average molecular weight is 526 g/mol. The minimum absolute atomic E-state index is 0.0488. The zero-order chi connectivity index (χ0) is 24.1. The summed E-state index contributed by atoms with van der Waals surface area (Å²) in [6, 6.07) is 14.9. The van der Waals surface area contributed by atoms with Gasteiger partial charge >= 0.3 is 0 Å². The largest absolute Gasteiger partial charge is 0.449 e. The van der Waals surface area contributed by atoms with Crippen molar-refractivity contribution in [2.45, 2.75) is 26.7 Å². The van der Waals surface area contributed by atoms with E-state index in [0.717, 1.165) is 47.9 Å². The zero-order valence-corrected chi connectivity index (χ0v) is 21.4. The molecule has 4 rings (SSSR count). The monoisotopic (exact) mass is 525 g/mol. The molecule has 180 valence electrons. The van der Waals surface area contributed by atoms with Gasteiger partial charge in [0.25, 0.3) is 5.91 Å². The molecular formula is C27H32BrN3O3. The Morgan fingerprint density at radius 2 is 1.91 bits per heavy atom. The minimum atomic E-state index is -0.329. The van der Waals surface area contributed by atoms with Crippen molar-refractivity contribution < 1.29 is 14.3 Å². The van der Waals surface area contributed by atoms with Crippen molar-refractivity contribution in [3.05, 3.63) is 64.3 Å². The van der Waals surface area contributed by atoms with E-state index in [2.05, 4.69) is 40.0 Å². The molecule has 0 bridgehead atoms. The van der Waals surface area contributed by atoms with Crippen LogP contribution in [0.15, 0.2) is 58.8 Å². The van der Waals surface area contributed by atoms with E-state index in [1.807, 2.05) is 42.5 Å². The van der Waals surface area contributed by atoms with Crippen molar-refractivity contribution in [1.29, 1.82) is 0 Å². The molecule has 2 aromatic rings. The lowest BCUT2D eigenvalue weighted by Gasteiger charge is -2.35. The first-order valence-corrected chi connectivity index (χ1v) is 12.7. The first-order chi connectivity index (χ1) is 16.4. The van der Waals surface area contributed by atoms with Gasteiger partial charge in [-0.25, -0.2) is 0 Å². The van der Waals surface area contributed by atoms with Crippen LogP contribution in [0.4, 0.5) is 5.69 Å². The average Bonchev–Trinajstić information content (AvgIpc) is 2.79. The summed E-state index contributed by atoms with van der Waals surface area (Å²) >= 11 is 3.45. The molecule has 2 aliphatic heterocycles. The van der Waals surface area contributed by atoms with Crippen molar-refractivity contribution >= 4 is 39.5 Å². The fraction of sp³-hybridized carbons (Fsp3) is 0.407. The number of halogens is 1. The van der Waals surface area contributed by atoms with Crippen molar-refractivity contribution in [3.8, 4) is 5.75 Å². The van der Waals surface area contributed by atoms with Crippen molar-refractivity contribution in [2.24, 2.45) is 11.8 Å². The first kappa shape index (κ1) is 24.5. The molecular weight excluding hydrogens is 494 g/mol. The van der Waals surface area contributed by atoms with Gasteiger partial charge in [-0.3, -0.25) is 14.5 Å². The van der Waals surface area contributed by atoms with Gasteiger partial charge in [0.2, 0.25) is 5.91 Å². The lowest BCUT2D eigenvalue weighted by Crippen LogP contribution is -2.45. The summed E-state index contributed by atoms with van der Waals surface area (Å²) in [4.78, 5) is 30.0. The summed E-state index contributed by atoms with van der Waals surface area (Å²) in [6.45, 7) is 8.40. The fourth-order valence-corrected chi connectivity index (χ4v) is 5.29. The Hall–Kier alpha value is -2.64. The predicted molar refractivity (Wildman–Crippen MR) is 139 cm³/mol. The third kappa shape index (κ3) is 6.27. The second-order valence-electron chi connectivity index (χ2n) is 9.43. The maximum absolute atomic E-state index is 13.2. The van der Waals surface area contributed by atoms with Gasteiger partial charge in [-0.1, -0.05) is 54.0 Å². The molecule has 0 spiro atoms. The number of nitrogens with zero attached hydrogens (tertiary/aromatic N) is 2. The van der Waals surface area contributed by atoms with Gasteiger partial charge in [-0.2, -0.15) is 0 Å². The number of fused-ring (bicyclic) bond motifs is 1. The molecule has 6 nitrogen and oxygen atoms in total. The number of para-hydroxylation sites is 2. The molecule has 0 radical (unpaired) electrons. The molecule has 2 heterocycles. The molecule has 0 saturated carbocycles. The Kier molecular flexibility index (Phi) is 8.06. The van der Waals surface area contributed by atoms with Gasteiger partial charge < -0.3 is 15.0 Å². The Balaban J connectivity index is 1.38. The summed E-state index contributed by atoms with van der Waals surface area (Å²) in [5.41, 5.74) is 1.44. The van der Waals surface area contributed by atoms with Gasteiger partial charge in [-0.15, -0.1) is 0 Å². The molecule has 0 aliphatic carbocycles. The molecule has 0 unspecified atom stereocenters. The van der Waals surface area contributed by atoms with E-state index in [-0.39, 0.29) is 24.1 Å². The van der Waals surface area contributed by atoms with Crippen molar-refractivity contribution in [1.82, 2.24) is 10.2 Å². The van der Waals surface area contributed by atoms with Crippen LogP contribution >= 0.6 is 15.9 Å². The maximum Gasteiger partial charge on any atom is 0.294 e. The highest BCUT2D eigenvalue weighted by Crippen LogP contribution is 2.35. The van der Waals surface area contributed by atoms with Crippen molar-refractivity contribution in [3.63, 3.8) is 0 Å². The number of likely N-dealkylation sites (tertiary alicyclic amines) is 1. The predicted octanol–water partition coefficient (Wildman–Crippen LogP) is 4.70. The van der Waals surface area contributed by atoms with E-state index in [0.29, 0.717) is 18.0 Å². The van der Waals surface area contributed by atoms with E-state index < -0.39 is 0 Å². The maximum atomic E-state index is 13.2. The second-order valence-corrected chi connectivity index (χ2v) is 10.3. The van der Waals surface area contributed by atoms with E-state index in [1.165, 1.54) is 11.3 Å². The highest BCUT2D eigenvalue weighted by molar-refractivity contribution is 9.10. The van der Waals surface area contributed by atoms with Gasteiger partial charge in [0.1, 0.15) is 6.54 Å². The number of hydrogen-bond donors (Lipinski definition) is 1. The van der Waals surface area contributed by atoms with Crippen LogP contribution in [0.5, 0.6) is 5.75 Å². The number of benzene rings is 2. The number of rotatable bonds is 7. The Morgan fingerprint density at radius 3 is 2.68 bits per heavy atom. The molecule has 2 aliphatic rings. The molecule has 2 aromatic carbocycles. The van der Waals surface area contributed by atoms with E-state index in [9.17, 15) is 9.59 Å². The highest BCUT2D eigenvalue weighted by Gasteiger charge is 2.31. The molecule has 1 fully saturated rings. The molecule has 0 aromatic heterocycles. The van der Waals surface area contributed by atoms with Gasteiger partial charge in [0.15, 0.2) is 11.5 Å². The molecule has 7 heteroatoms. The van der Waals surface area contributed by atoms with Crippen LogP contribution in [-0.4, -0.2) is 49.4 Å². The number of nitrogens with one attached hydrogen (secondary N) is 1. The van der Waals surface area contributed by atoms with Crippen LogP contribution in [0.25, 0.3) is 6.08 Å². The normalized spacial score (nSPS) is 21.8. The topological polar surface area (TPSA) is 61.9 Å². The molecule has 1 saturated heterocycles. The molecule has 1 N–H and O–H groups in total. The molecule has 2 amide bonds. The number of ether oxygens (including phenoxy) is 1. The van der Waals surface area contributed by atoms with Crippen LogP contribution < -0.4 is 15.0 Å².